The van der Waals surface area contributed by atoms with Crippen LogP contribution in [0.25, 0.3) is 10.9 Å². The van der Waals surface area contributed by atoms with Crippen LogP contribution < -0.4 is 10.1 Å². The molecule has 0 bridgehead atoms. The van der Waals surface area contributed by atoms with Crippen molar-refractivity contribution in [2.45, 2.75) is 36.9 Å². The number of thiophene rings is 1. The van der Waals surface area contributed by atoms with Crippen LogP contribution >= 0.6 is 34.7 Å². The van der Waals surface area contributed by atoms with E-state index in [0.29, 0.717) is 48.3 Å². The maximum Gasteiger partial charge on any atom is 0.261 e. The second-order valence-corrected chi connectivity index (χ2v) is 11.3. The number of carbonyl (C=O) groups is 2. The van der Waals surface area contributed by atoms with Gasteiger partial charge in [-0.05, 0) is 44.0 Å². The van der Waals surface area contributed by atoms with E-state index in [0.717, 1.165) is 39.1 Å². The Kier molecular flexibility index (Phi) is 7.78. The smallest absolute Gasteiger partial charge is 0.261 e. The van der Waals surface area contributed by atoms with Crippen LogP contribution in [0.2, 0.25) is 5.02 Å². The number of thioether (sulfide) groups is 1. The molecule has 190 valence electrons. The molecule has 0 spiro atoms. The summed E-state index contributed by atoms with van der Waals surface area (Å²) in [4.78, 5) is 38.3. The van der Waals surface area contributed by atoms with Gasteiger partial charge in [-0.25, -0.2) is 9.97 Å². The molecule has 2 saturated heterocycles. The Morgan fingerprint density at radius 2 is 2.08 bits per heavy atom. The number of ether oxygens (including phenoxy) is 2. The van der Waals surface area contributed by atoms with Gasteiger partial charge in [-0.1, -0.05) is 23.4 Å². The molecule has 0 aliphatic carbocycles. The summed E-state index contributed by atoms with van der Waals surface area (Å²) in [5.74, 6) is 1.10. The van der Waals surface area contributed by atoms with E-state index >= 15 is 0 Å². The zero-order chi connectivity index (χ0) is 25.2. The number of benzene rings is 1. The number of Topliss-reactive ketones (excluding diaryl/α,β-unsaturated/α-hetero) is 1. The third-order valence-corrected chi connectivity index (χ3v) is 8.99. The summed E-state index contributed by atoms with van der Waals surface area (Å²) < 4.78 is 10.9. The maximum atomic E-state index is 13.0. The lowest BCUT2D eigenvalue weighted by atomic mass is 9.96. The van der Waals surface area contributed by atoms with Crippen LogP contribution in [0.4, 0.5) is 0 Å². The molecule has 2 aliphatic rings. The number of carbonyl (C=O) groups excluding carboxylic acids is 2. The Bertz CT molecular complexity index is 1300. The van der Waals surface area contributed by atoms with Gasteiger partial charge >= 0.3 is 0 Å². The molecule has 11 heteroatoms. The highest BCUT2D eigenvalue weighted by atomic mass is 35.5. The summed E-state index contributed by atoms with van der Waals surface area (Å²) in [5, 5.41) is 4.87. The van der Waals surface area contributed by atoms with E-state index in [1.54, 1.807) is 32.2 Å². The number of fused-ring (bicyclic) bond motifs is 2. The molecule has 8 nitrogen and oxygen atoms in total. The summed E-state index contributed by atoms with van der Waals surface area (Å²) in [5.41, 5.74) is 0.698. The fourth-order valence-corrected chi connectivity index (χ4v) is 6.97. The van der Waals surface area contributed by atoms with Crippen molar-refractivity contribution in [1.29, 1.82) is 0 Å². The standard InChI is InChI=1S/C25H27ClN4O4S2/c1-14-27-17-3-4-19(33-2)23(26)22(17)25(28-14)35-13-18(31)20-5-6-21(36-20)24(32)29-15-7-8-30-9-10-34-12-16(30)11-15/h3-6,15-16H,7-13H2,1-2H3,(H,29,32)/t15-,16-/m1/s1. The quantitative estimate of drug-likeness (QED) is 0.267. The molecular weight excluding hydrogens is 520 g/mol. The van der Waals surface area contributed by atoms with Crippen molar-refractivity contribution in [3.63, 3.8) is 0 Å². The minimum absolute atomic E-state index is 0.0693. The first-order valence-corrected chi connectivity index (χ1v) is 14.0. The lowest BCUT2D eigenvalue weighted by molar-refractivity contribution is -0.0292. The molecule has 3 aromatic rings. The molecule has 1 N–H and O–H groups in total. The van der Waals surface area contributed by atoms with Gasteiger partial charge in [-0.15, -0.1) is 11.3 Å². The number of amides is 1. The maximum absolute atomic E-state index is 13.0. The number of aryl methyl sites for hydroxylation is 1. The number of halogens is 1. The highest BCUT2D eigenvalue weighted by Gasteiger charge is 2.31. The van der Waals surface area contributed by atoms with Gasteiger partial charge in [0.2, 0.25) is 0 Å². The van der Waals surface area contributed by atoms with E-state index in [4.69, 9.17) is 21.1 Å². The van der Waals surface area contributed by atoms with Crippen LogP contribution in [0, 0.1) is 6.92 Å². The van der Waals surface area contributed by atoms with Crippen molar-refractivity contribution in [2.75, 3.05) is 39.2 Å². The normalized spacial score (nSPS) is 20.2. The number of hydrogen-bond donors (Lipinski definition) is 1. The predicted molar refractivity (Wildman–Crippen MR) is 142 cm³/mol. The van der Waals surface area contributed by atoms with Gasteiger partial charge in [-0.3, -0.25) is 14.5 Å². The first-order chi connectivity index (χ1) is 17.4. The van der Waals surface area contributed by atoms with Gasteiger partial charge in [0.25, 0.3) is 5.91 Å². The van der Waals surface area contributed by atoms with Crippen molar-refractivity contribution in [2.24, 2.45) is 0 Å². The highest BCUT2D eigenvalue weighted by Crippen LogP contribution is 2.37. The van der Waals surface area contributed by atoms with Crippen LogP contribution in [0.5, 0.6) is 5.75 Å². The van der Waals surface area contributed by atoms with E-state index in [9.17, 15) is 9.59 Å². The van der Waals surface area contributed by atoms with E-state index in [1.165, 1.54) is 23.1 Å². The average molecular weight is 547 g/mol. The van der Waals surface area contributed by atoms with Gasteiger partial charge in [-0.2, -0.15) is 0 Å². The summed E-state index contributed by atoms with van der Waals surface area (Å²) >= 11 is 9.06. The molecule has 4 heterocycles. The number of rotatable bonds is 7. The van der Waals surface area contributed by atoms with E-state index in [2.05, 4.69) is 20.2 Å². The van der Waals surface area contributed by atoms with Crippen molar-refractivity contribution in [1.82, 2.24) is 20.2 Å². The highest BCUT2D eigenvalue weighted by molar-refractivity contribution is 8.00. The fraction of sp³-hybridized carbons (Fsp3) is 0.440. The Hall–Kier alpha value is -2.24. The molecule has 1 aromatic carbocycles. The van der Waals surface area contributed by atoms with Crippen LogP contribution in [0.15, 0.2) is 29.3 Å². The first-order valence-electron chi connectivity index (χ1n) is 11.8. The zero-order valence-electron chi connectivity index (χ0n) is 20.1. The van der Waals surface area contributed by atoms with Gasteiger partial charge < -0.3 is 14.8 Å². The molecule has 2 aromatic heterocycles. The Labute approximate surface area is 222 Å². The summed E-state index contributed by atoms with van der Waals surface area (Å²) in [6.45, 7) is 5.24. The van der Waals surface area contributed by atoms with Gasteiger partial charge in [0.15, 0.2) is 5.78 Å². The lowest BCUT2D eigenvalue weighted by Crippen LogP contribution is -2.54. The first kappa shape index (κ1) is 25.4. The van der Waals surface area contributed by atoms with Crippen molar-refractivity contribution in [3.8, 4) is 5.75 Å². The molecule has 1 amide bonds. The average Bonchev–Trinajstić information content (AvgIpc) is 3.38. The van der Waals surface area contributed by atoms with Gasteiger partial charge in [0, 0.05) is 25.2 Å². The fourth-order valence-electron chi connectivity index (χ4n) is 4.68. The number of nitrogens with zero attached hydrogens (tertiary/aromatic N) is 3. The topological polar surface area (TPSA) is 93.7 Å². The Morgan fingerprint density at radius 1 is 1.25 bits per heavy atom. The molecule has 0 saturated carbocycles. The molecule has 36 heavy (non-hydrogen) atoms. The monoisotopic (exact) mass is 546 g/mol. The molecule has 2 fully saturated rings. The lowest BCUT2D eigenvalue weighted by Gasteiger charge is -2.42. The summed E-state index contributed by atoms with van der Waals surface area (Å²) in [6, 6.07) is 7.53. The molecule has 0 unspecified atom stereocenters. The number of ketones is 1. The Morgan fingerprint density at radius 3 is 2.92 bits per heavy atom. The summed E-state index contributed by atoms with van der Waals surface area (Å²) in [6.07, 6.45) is 1.81. The number of methoxy groups -OCH3 is 1. The molecule has 5 rings (SSSR count). The number of hydrogen-bond acceptors (Lipinski definition) is 9. The van der Waals surface area contributed by atoms with Crippen molar-refractivity contribution in [3.05, 3.63) is 44.9 Å². The number of piperidine rings is 1. The molecule has 2 atom stereocenters. The second-order valence-electron chi connectivity index (χ2n) is 8.89. The minimum atomic E-state index is -0.127. The SMILES string of the molecule is COc1ccc2nc(C)nc(SCC(=O)c3ccc(C(=O)N[C@@H]4CCN5CCOC[C@H]5C4)s3)c2c1Cl. The van der Waals surface area contributed by atoms with Gasteiger partial charge in [0.1, 0.15) is 16.6 Å². The second kappa shape index (κ2) is 11.0. The largest absolute Gasteiger partial charge is 0.495 e. The number of aromatic nitrogens is 2. The third-order valence-electron chi connectivity index (χ3n) is 6.51. The van der Waals surface area contributed by atoms with E-state index < -0.39 is 0 Å². The minimum Gasteiger partial charge on any atom is -0.495 e. The van der Waals surface area contributed by atoms with Crippen LogP contribution in [-0.4, -0.2) is 77.8 Å². The van der Waals surface area contributed by atoms with Gasteiger partial charge in [0.05, 0.1) is 51.8 Å². The van der Waals surface area contributed by atoms with Crippen LogP contribution in [-0.2, 0) is 4.74 Å². The number of nitrogens with one attached hydrogen (secondary N) is 1. The summed E-state index contributed by atoms with van der Waals surface area (Å²) in [7, 11) is 1.55. The third kappa shape index (κ3) is 5.38. The van der Waals surface area contributed by atoms with Crippen molar-refractivity contribution < 1.29 is 19.1 Å². The van der Waals surface area contributed by atoms with E-state index in [1.807, 2.05) is 6.07 Å². The molecular formula is C25H27ClN4O4S2. The van der Waals surface area contributed by atoms with Crippen LogP contribution in [0.1, 0.15) is 38.0 Å². The van der Waals surface area contributed by atoms with Crippen molar-refractivity contribution >= 4 is 57.3 Å². The molecule has 2 aliphatic heterocycles. The van der Waals surface area contributed by atoms with Crippen LogP contribution in [0.3, 0.4) is 0 Å². The predicted octanol–water partition coefficient (Wildman–Crippen LogP) is 4.23. The van der Waals surface area contributed by atoms with E-state index in [-0.39, 0.29) is 23.5 Å². The zero-order valence-corrected chi connectivity index (χ0v) is 22.5. The Balaban J connectivity index is 1.23. The number of morpholine rings is 1. The molecule has 0 radical (unpaired) electrons.